The minimum atomic E-state index is -0.163. The molecule has 0 saturated heterocycles. The molecule has 0 fully saturated rings. The summed E-state index contributed by atoms with van der Waals surface area (Å²) < 4.78 is 5.12. The monoisotopic (exact) mass is 207 g/mol. The normalized spacial score (nSPS) is 11.2. The molecule has 0 aliphatic heterocycles. The molecular formula is C12H17NO2. The van der Waals surface area contributed by atoms with Gasteiger partial charge in [-0.05, 0) is 6.08 Å². The summed E-state index contributed by atoms with van der Waals surface area (Å²) in [5.41, 5.74) is 1.23. The average molecular weight is 207 g/mol. The Labute approximate surface area is 89.8 Å². The van der Waals surface area contributed by atoms with Gasteiger partial charge in [0.25, 0.3) is 0 Å². The Morgan fingerprint density at radius 2 is 2.07 bits per heavy atom. The molecule has 3 nitrogen and oxygen atoms in total. The van der Waals surface area contributed by atoms with Crippen molar-refractivity contribution >= 4 is 6.08 Å². The van der Waals surface area contributed by atoms with Crippen LogP contribution in [0.25, 0.3) is 6.08 Å². The molecule has 1 N–H and O–H groups in total. The number of aromatic amines is 1. The SMILES string of the molecule is C=Cc1cc(=O)c(OC)c(C(C)(C)C)[nH]1. The first-order valence-electron chi connectivity index (χ1n) is 4.84. The summed E-state index contributed by atoms with van der Waals surface area (Å²) in [5.74, 6) is 0.383. The van der Waals surface area contributed by atoms with Crippen molar-refractivity contribution in [3.63, 3.8) is 0 Å². The van der Waals surface area contributed by atoms with Gasteiger partial charge in [0.1, 0.15) is 0 Å². The third-order valence-corrected chi connectivity index (χ3v) is 2.18. The van der Waals surface area contributed by atoms with Gasteiger partial charge in [-0.3, -0.25) is 4.79 Å². The standard InChI is InChI=1S/C12H17NO2/c1-6-8-7-9(14)10(15-5)11(13-8)12(2,3)4/h6-7H,1H2,2-5H3,(H,13,14). The van der Waals surface area contributed by atoms with Crippen LogP contribution in [0.3, 0.4) is 0 Å². The molecule has 0 aliphatic rings. The van der Waals surface area contributed by atoms with E-state index in [1.54, 1.807) is 6.08 Å². The zero-order valence-corrected chi connectivity index (χ0v) is 9.68. The van der Waals surface area contributed by atoms with Crippen LogP contribution in [0.1, 0.15) is 32.2 Å². The molecule has 1 rings (SSSR count). The molecule has 3 heteroatoms. The molecule has 0 aliphatic carbocycles. The van der Waals surface area contributed by atoms with Crippen LogP contribution in [0.5, 0.6) is 5.75 Å². The van der Waals surface area contributed by atoms with Crippen molar-refractivity contribution in [2.75, 3.05) is 7.11 Å². The fourth-order valence-corrected chi connectivity index (χ4v) is 1.41. The number of rotatable bonds is 2. The van der Waals surface area contributed by atoms with Crippen molar-refractivity contribution in [1.82, 2.24) is 4.98 Å². The number of methoxy groups -OCH3 is 1. The van der Waals surface area contributed by atoms with Crippen LogP contribution in [0.15, 0.2) is 17.4 Å². The molecule has 82 valence electrons. The maximum Gasteiger partial charge on any atom is 0.224 e. The third kappa shape index (κ3) is 2.29. The van der Waals surface area contributed by atoms with E-state index in [2.05, 4.69) is 11.6 Å². The van der Waals surface area contributed by atoms with E-state index < -0.39 is 0 Å². The Kier molecular flexibility index (Phi) is 3.03. The van der Waals surface area contributed by atoms with Crippen molar-refractivity contribution in [3.8, 4) is 5.75 Å². The van der Waals surface area contributed by atoms with Crippen LogP contribution < -0.4 is 10.2 Å². The van der Waals surface area contributed by atoms with E-state index in [4.69, 9.17) is 4.74 Å². The van der Waals surface area contributed by atoms with Crippen molar-refractivity contribution in [1.29, 1.82) is 0 Å². The van der Waals surface area contributed by atoms with E-state index in [0.717, 1.165) is 5.69 Å². The van der Waals surface area contributed by atoms with Crippen LogP contribution in [0, 0.1) is 0 Å². The Morgan fingerprint density at radius 3 is 2.47 bits per heavy atom. The Bertz CT molecular complexity index is 424. The average Bonchev–Trinajstić information content (AvgIpc) is 2.15. The van der Waals surface area contributed by atoms with Gasteiger partial charge in [0.2, 0.25) is 5.43 Å². The van der Waals surface area contributed by atoms with E-state index in [-0.39, 0.29) is 10.8 Å². The highest BCUT2D eigenvalue weighted by Crippen LogP contribution is 2.26. The summed E-state index contributed by atoms with van der Waals surface area (Å²) in [6.07, 6.45) is 1.62. The lowest BCUT2D eigenvalue weighted by atomic mass is 9.90. The van der Waals surface area contributed by atoms with Gasteiger partial charge in [0.15, 0.2) is 5.75 Å². The molecule has 0 aromatic carbocycles. The number of H-pyrrole nitrogens is 1. The zero-order valence-electron chi connectivity index (χ0n) is 9.68. The number of pyridine rings is 1. The number of hydrogen-bond donors (Lipinski definition) is 1. The molecular weight excluding hydrogens is 190 g/mol. The molecule has 0 amide bonds. The topological polar surface area (TPSA) is 42.1 Å². The summed E-state index contributed by atoms with van der Waals surface area (Å²) in [7, 11) is 1.51. The first kappa shape index (κ1) is 11.6. The van der Waals surface area contributed by atoms with Gasteiger partial charge in [0.05, 0.1) is 12.8 Å². The van der Waals surface area contributed by atoms with Crippen LogP contribution in [-0.2, 0) is 5.41 Å². The minimum absolute atomic E-state index is 0.115. The second-order valence-electron chi connectivity index (χ2n) is 4.45. The van der Waals surface area contributed by atoms with Crippen LogP contribution >= 0.6 is 0 Å². The van der Waals surface area contributed by atoms with Crippen LogP contribution in [-0.4, -0.2) is 12.1 Å². The van der Waals surface area contributed by atoms with E-state index >= 15 is 0 Å². The molecule has 0 unspecified atom stereocenters. The van der Waals surface area contributed by atoms with Gasteiger partial charge < -0.3 is 9.72 Å². The molecule has 1 aromatic heterocycles. The van der Waals surface area contributed by atoms with E-state index in [0.29, 0.717) is 11.4 Å². The number of ether oxygens (including phenoxy) is 1. The largest absolute Gasteiger partial charge is 0.491 e. The first-order valence-corrected chi connectivity index (χ1v) is 4.84. The smallest absolute Gasteiger partial charge is 0.224 e. The highest BCUT2D eigenvalue weighted by Gasteiger charge is 2.21. The van der Waals surface area contributed by atoms with Crippen molar-refractivity contribution in [2.24, 2.45) is 0 Å². The fourth-order valence-electron chi connectivity index (χ4n) is 1.41. The van der Waals surface area contributed by atoms with E-state index in [1.165, 1.54) is 13.2 Å². The molecule has 0 bridgehead atoms. The summed E-state index contributed by atoms with van der Waals surface area (Å²) in [6, 6.07) is 1.49. The lowest BCUT2D eigenvalue weighted by Gasteiger charge is -2.21. The zero-order chi connectivity index (χ0) is 11.6. The molecule has 15 heavy (non-hydrogen) atoms. The maximum atomic E-state index is 11.7. The van der Waals surface area contributed by atoms with E-state index in [1.807, 2.05) is 20.8 Å². The van der Waals surface area contributed by atoms with Gasteiger partial charge in [0, 0.05) is 17.2 Å². The maximum absolute atomic E-state index is 11.7. The predicted molar refractivity (Wildman–Crippen MR) is 62.4 cm³/mol. The molecule has 1 aromatic rings. The summed E-state index contributed by atoms with van der Waals surface area (Å²) >= 11 is 0. The highest BCUT2D eigenvalue weighted by molar-refractivity contribution is 5.46. The number of aromatic nitrogens is 1. The second kappa shape index (κ2) is 3.93. The molecule has 1 heterocycles. The highest BCUT2D eigenvalue weighted by atomic mass is 16.5. The van der Waals surface area contributed by atoms with Crippen LogP contribution in [0.4, 0.5) is 0 Å². The number of hydrogen-bond acceptors (Lipinski definition) is 2. The second-order valence-corrected chi connectivity index (χ2v) is 4.45. The lowest BCUT2D eigenvalue weighted by Crippen LogP contribution is -2.20. The summed E-state index contributed by atoms with van der Waals surface area (Å²) in [5, 5.41) is 0. The Hall–Kier alpha value is -1.51. The fraction of sp³-hybridized carbons (Fsp3) is 0.417. The van der Waals surface area contributed by atoms with Crippen LogP contribution in [0.2, 0.25) is 0 Å². The first-order chi connectivity index (χ1) is 6.90. The van der Waals surface area contributed by atoms with Crippen molar-refractivity contribution in [3.05, 3.63) is 34.3 Å². The quantitative estimate of drug-likeness (QED) is 0.808. The van der Waals surface area contributed by atoms with Gasteiger partial charge in [-0.2, -0.15) is 0 Å². The minimum Gasteiger partial charge on any atom is -0.491 e. The molecule has 0 atom stereocenters. The van der Waals surface area contributed by atoms with Gasteiger partial charge in [-0.25, -0.2) is 0 Å². The summed E-state index contributed by atoms with van der Waals surface area (Å²) in [6.45, 7) is 9.70. The Balaban J connectivity index is 3.53. The van der Waals surface area contributed by atoms with E-state index in [9.17, 15) is 4.79 Å². The molecule has 0 saturated carbocycles. The Morgan fingerprint density at radius 1 is 1.47 bits per heavy atom. The predicted octanol–water partition coefficient (Wildman–Crippen LogP) is 2.32. The summed E-state index contributed by atoms with van der Waals surface area (Å²) in [4.78, 5) is 14.9. The van der Waals surface area contributed by atoms with Crippen molar-refractivity contribution < 1.29 is 4.74 Å². The number of nitrogens with one attached hydrogen (secondary N) is 1. The lowest BCUT2D eigenvalue weighted by molar-refractivity contribution is 0.388. The van der Waals surface area contributed by atoms with Gasteiger partial charge in [-0.1, -0.05) is 27.4 Å². The third-order valence-electron chi connectivity index (χ3n) is 2.18. The van der Waals surface area contributed by atoms with Gasteiger partial charge in [-0.15, -0.1) is 0 Å². The molecule has 0 radical (unpaired) electrons. The van der Waals surface area contributed by atoms with Gasteiger partial charge >= 0.3 is 0 Å². The molecule has 0 spiro atoms. The van der Waals surface area contributed by atoms with Crippen molar-refractivity contribution in [2.45, 2.75) is 26.2 Å².